The molecule has 1 N–H and O–H groups in total. The van der Waals surface area contributed by atoms with Crippen LogP contribution in [-0.2, 0) is 0 Å². The first-order valence-electron chi connectivity index (χ1n) is 6.21. The van der Waals surface area contributed by atoms with Crippen molar-refractivity contribution in [3.8, 4) is 5.75 Å². The minimum absolute atomic E-state index is 0.0296. The Kier molecular flexibility index (Phi) is 4.63. The lowest BCUT2D eigenvalue weighted by atomic mass is 10.1. The van der Waals surface area contributed by atoms with Crippen molar-refractivity contribution in [2.75, 3.05) is 5.32 Å². The highest BCUT2D eigenvalue weighted by Crippen LogP contribution is 2.26. The van der Waals surface area contributed by atoms with Gasteiger partial charge in [-0.2, -0.15) is 0 Å². The zero-order valence-corrected chi connectivity index (χ0v) is 11.9. The topological polar surface area (TPSA) is 21.3 Å². The van der Waals surface area contributed by atoms with Gasteiger partial charge in [-0.15, -0.1) is 13.2 Å². The summed E-state index contributed by atoms with van der Waals surface area (Å²) in [6.07, 6.45) is -4.68. The second-order valence-corrected chi connectivity index (χ2v) is 4.93. The third kappa shape index (κ3) is 4.86. The van der Waals surface area contributed by atoms with Gasteiger partial charge in [0, 0.05) is 16.8 Å². The maximum absolute atomic E-state index is 12.1. The molecule has 0 saturated heterocycles. The monoisotopic (exact) mass is 315 g/mol. The van der Waals surface area contributed by atoms with E-state index in [1.165, 1.54) is 24.3 Å². The van der Waals surface area contributed by atoms with E-state index in [4.69, 9.17) is 11.6 Å². The summed E-state index contributed by atoms with van der Waals surface area (Å²) in [6, 6.07) is 12.9. The third-order valence-electron chi connectivity index (χ3n) is 2.82. The van der Waals surface area contributed by atoms with E-state index < -0.39 is 6.36 Å². The van der Waals surface area contributed by atoms with Gasteiger partial charge >= 0.3 is 6.36 Å². The van der Waals surface area contributed by atoms with Gasteiger partial charge in [-0.3, -0.25) is 0 Å². The molecule has 0 fully saturated rings. The molecule has 0 radical (unpaired) electrons. The first kappa shape index (κ1) is 15.5. The molecule has 21 heavy (non-hydrogen) atoms. The van der Waals surface area contributed by atoms with E-state index >= 15 is 0 Å². The molecule has 2 aromatic carbocycles. The molecule has 0 heterocycles. The molecule has 1 unspecified atom stereocenters. The minimum atomic E-state index is -4.68. The molecule has 0 aliphatic carbocycles. The summed E-state index contributed by atoms with van der Waals surface area (Å²) in [5.41, 5.74) is 1.68. The minimum Gasteiger partial charge on any atom is -0.406 e. The van der Waals surface area contributed by atoms with E-state index in [0.717, 1.165) is 5.56 Å². The molecular weight excluding hydrogens is 303 g/mol. The predicted octanol–water partition coefficient (Wildman–Crippen LogP) is 5.41. The summed E-state index contributed by atoms with van der Waals surface area (Å²) in [6.45, 7) is 1.94. The van der Waals surface area contributed by atoms with Crippen molar-refractivity contribution in [2.24, 2.45) is 0 Å². The molecule has 0 spiro atoms. The molecule has 2 aromatic rings. The second kappa shape index (κ2) is 6.26. The van der Waals surface area contributed by atoms with Gasteiger partial charge in [-0.05, 0) is 48.9 Å². The van der Waals surface area contributed by atoms with Crippen molar-refractivity contribution >= 4 is 17.3 Å². The van der Waals surface area contributed by atoms with Crippen LogP contribution in [0.4, 0.5) is 18.9 Å². The first-order valence-corrected chi connectivity index (χ1v) is 6.59. The van der Waals surface area contributed by atoms with Gasteiger partial charge in [0.1, 0.15) is 5.75 Å². The van der Waals surface area contributed by atoms with Gasteiger partial charge in [-0.25, -0.2) is 0 Å². The second-order valence-electron chi connectivity index (χ2n) is 4.49. The summed E-state index contributed by atoms with van der Waals surface area (Å²) < 4.78 is 40.0. The van der Waals surface area contributed by atoms with E-state index in [1.54, 1.807) is 6.07 Å². The summed E-state index contributed by atoms with van der Waals surface area (Å²) in [7, 11) is 0. The number of halogens is 4. The molecule has 0 aliphatic rings. The van der Waals surface area contributed by atoms with Crippen LogP contribution in [-0.4, -0.2) is 6.36 Å². The van der Waals surface area contributed by atoms with Crippen LogP contribution in [0.25, 0.3) is 0 Å². The Morgan fingerprint density at radius 1 is 1.10 bits per heavy atom. The molecule has 2 rings (SSSR count). The summed E-state index contributed by atoms with van der Waals surface area (Å²) in [5, 5.41) is 3.81. The molecule has 6 heteroatoms. The SMILES string of the molecule is CC(Nc1ccc(OC(F)(F)F)cc1)c1cccc(Cl)c1. The molecule has 0 aromatic heterocycles. The Hall–Kier alpha value is -1.88. The maximum Gasteiger partial charge on any atom is 0.573 e. The number of benzene rings is 2. The smallest absolute Gasteiger partial charge is 0.406 e. The number of ether oxygens (including phenoxy) is 1. The van der Waals surface area contributed by atoms with E-state index in [-0.39, 0.29) is 11.8 Å². The van der Waals surface area contributed by atoms with Gasteiger partial charge in [-0.1, -0.05) is 23.7 Å². The van der Waals surface area contributed by atoms with Crippen molar-refractivity contribution in [1.82, 2.24) is 0 Å². The fraction of sp³-hybridized carbons (Fsp3) is 0.200. The number of alkyl halides is 3. The number of nitrogens with one attached hydrogen (secondary N) is 1. The van der Waals surface area contributed by atoms with E-state index in [9.17, 15) is 13.2 Å². The van der Waals surface area contributed by atoms with Crippen LogP contribution in [0.3, 0.4) is 0 Å². The molecule has 2 nitrogen and oxygen atoms in total. The average molecular weight is 316 g/mol. The zero-order chi connectivity index (χ0) is 15.5. The lowest BCUT2D eigenvalue weighted by Crippen LogP contribution is -2.17. The van der Waals surface area contributed by atoms with Crippen LogP contribution in [0.1, 0.15) is 18.5 Å². The molecule has 112 valence electrons. The lowest BCUT2D eigenvalue weighted by molar-refractivity contribution is -0.274. The summed E-state index contributed by atoms with van der Waals surface area (Å²) in [5.74, 6) is -0.247. The Balaban J connectivity index is 2.03. The molecule has 0 saturated carbocycles. The fourth-order valence-corrected chi connectivity index (χ4v) is 2.06. The van der Waals surface area contributed by atoms with Crippen molar-refractivity contribution in [3.05, 3.63) is 59.1 Å². The Bertz CT molecular complexity index is 599. The van der Waals surface area contributed by atoms with Crippen LogP contribution in [0.15, 0.2) is 48.5 Å². The van der Waals surface area contributed by atoms with Crippen molar-refractivity contribution in [2.45, 2.75) is 19.3 Å². The Morgan fingerprint density at radius 3 is 2.33 bits per heavy atom. The van der Waals surface area contributed by atoms with E-state index in [2.05, 4.69) is 10.1 Å². The van der Waals surface area contributed by atoms with E-state index in [1.807, 2.05) is 25.1 Å². The van der Waals surface area contributed by atoms with Crippen LogP contribution in [0.5, 0.6) is 5.75 Å². The highest BCUT2D eigenvalue weighted by molar-refractivity contribution is 6.30. The fourth-order valence-electron chi connectivity index (χ4n) is 1.86. The van der Waals surface area contributed by atoms with Gasteiger partial charge in [0.25, 0.3) is 0 Å². The summed E-state index contributed by atoms with van der Waals surface area (Å²) >= 11 is 5.92. The van der Waals surface area contributed by atoms with Crippen LogP contribution in [0, 0.1) is 0 Å². The van der Waals surface area contributed by atoms with Crippen molar-refractivity contribution in [3.63, 3.8) is 0 Å². The molecule has 0 amide bonds. The molecule has 0 bridgehead atoms. The first-order chi connectivity index (χ1) is 9.83. The number of anilines is 1. The lowest BCUT2D eigenvalue weighted by Gasteiger charge is -2.16. The molecule has 0 aliphatic heterocycles. The number of hydrogen-bond donors (Lipinski definition) is 1. The number of hydrogen-bond acceptors (Lipinski definition) is 2. The highest BCUT2D eigenvalue weighted by atomic mass is 35.5. The highest BCUT2D eigenvalue weighted by Gasteiger charge is 2.30. The third-order valence-corrected chi connectivity index (χ3v) is 3.05. The zero-order valence-electron chi connectivity index (χ0n) is 11.1. The van der Waals surface area contributed by atoms with Crippen LogP contribution >= 0.6 is 11.6 Å². The normalized spacial score (nSPS) is 12.8. The number of rotatable bonds is 4. The Labute approximate surface area is 125 Å². The standard InChI is InChI=1S/C15H13ClF3NO/c1-10(11-3-2-4-12(16)9-11)20-13-5-7-14(8-6-13)21-15(17,18)19/h2-10,20H,1H3. The largest absolute Gasteiger partial charge is 0.573 e. The molecular formula is C15H13ClF3NO. The van der Waals surface area contributed by atoms with Crippen molar-refractivity contribution in [1.29, 1.82) is 0 Å². The quantitative estimate of drug-likeness (QED) is 0.814. The Morgan fingerprint density at radius 2 is 1.76 bits per heavy atom. The van der Waals surface area contributed by atoms with Gasteiger partial charge in [0.2, 0.25) is 0 Å². The molecule has 1 atom stereocenters. The van der Waals surface area contributed by atoms with Gasteiger partial charge in [0.15, 0.2) is 0 Å². The summed E-state index contributed by atoms with van der Waals surface area (Å²) in [4.78, 5) is 0. The maximum atomic E-state index is 12.1. The van der Waals surface area contributed by atoms with Crippen LogP contribution in [0.2, 0.25) is 5.02 Å². The van der Waals surface area contributed by atoms with E-state index in [0.29, 0.717) is 10.7 Å². The predicted molar refractivity (Wildman–Crippen MR) is 76.6 cm³/mol. The average Bonchev–Trinajstić information content (AvgIpc) is 2.39. The van der Waals surface area contributed by atoms with Crippen LogP contribution < -0.4 is 10.1 Å². The van der Waals surface area contributed by atoms with Gasteiger partial charge < -0.3 is 10.1 Å². The van der Waals surface area contributed by atoms with Gasteiger partial charge in [0.05, 0.1) is 0 Å². The van der Waals surface area contributed by atoms with Crippen molar-refractivity contribution < 1.29 is 17.9 Å².